The van der Waals surface area contributed by atoms with E-state index in [1.165, 1.54) is 22.2 Å². The Labute approximate surface area is 191 Å². The van der Waals surface area contributed by atoms with Gasteiger partial charge in [-0.3, -0.25) is 14.2 Å². The second-order valence-electron chi connectivity index (χ2n) is 6.66. The molecule has 0 aliphatic carbocycles. The molecule has 1 N–H and O–H groups in total. The summed E-state index contributed by atoms with van der Waals surface area (Å²) in [6.07, 6.45) is 1.51. The van der Waals surface area contributed by atoms with Crippen molar-refractivity contribution in [3.8, 4) is 11.3 Å². The summed E-state index contributed by atoms with van der Waals surface area (Å²) in [4.78, 5) is 42.2. The Morgan fingerprint density at radius 2 is 2.06 bits per heavy atom. The number of carbonyl (C=O) groups is 2. The molecule has 10 heteroatoms. The molecule has 0 fully saturated rings. The molecule has 0 aliphatic rings. The van der Waals surface area contributed by atoms with Gasteiger partial charge in [0.25, 0.3) is 5.56 Å². The molecule has 164 valence electrons. The van der Waals surface area contributed by atoms with Gasteiger partial charge >= 0.3 is 5.97 Å². The number of nitrogens with zero attached hydrogens (tertiary/aromatic N) is 2. The van der Waals surface area contributed by atoms with Crippen molar-refractivity contribution in [3.05, 3.63) is 64.0 Å². The Morgan fingerprint density at radius 1 is 1.25 bits per heavy atom. The minimum atomic E-state index is -0.540. The average Bonchev–Trinajstić information content (AvgIpc) is 3.45. The van der Waals surface area contributed by atoms with Crippen molar-refractivity contribution in [1.82, 2.24) is 9.55 Å². The van der Waals surface area contributed by atoms with Crippen LogP contribution in [0.1, 0.15) is 17.3 Å². The highest BCUT2D eigenvalue weighted by Crippen LogP contribution is 2.36. The molecule has 32 heavy (non-hydrogen) atoms. The third kappa shape index (κ3) is 4.32. The fourth-order valence-corrected chi connectivity index (χ4v) is 4.81. The van der Waals surface area contributed by atoms with Crippen LogP contribution in [0.3, 0.4) is 0 Å². The predicted molar refractivity (Wildman–Crippen MR) is 124 cm³/mol. The number of benzene rings is 1. The van der Waals surface area contributed by atoms with Gasteiger partial charge in [-0.25, -0.2) is 9.78 Å². The van der Waals surface area contributed by atoms with E-state index >= 15 is 0 Å². The number of hydrogen-bond acceptors (Lipinski definition) is 8. The average molecular weight is 470 g/mol. The van der Waals surface area contributed by atoms with Crippen molar-refractivity contribution >= 4 is 50.9 Å². The maximum Gasteiger partial charge on any atom is 0.341 e. The van der Waals surface area contributed by atoms with Crippen LogP contribution in [0.2, 0.25) is 0 Å². The lowest BCUT2D eigenvalue weighted by Gasteiger charge is -2.10. The minimum Gasteiger partial charge on any atom is -0.464 e. The van der Waals surface area contributed by atoms with E-state index in [-0.39, 0.29) is 29.4 Å². The molecular weight excluding hydrogens is 450 g/mol. The van der Waals surface area contributed by atoms with Crippen LogP contribution in [0.5, 0.6) is 0 Å². The van der Waals surface area contributed by atoms with Gasteiger partial charge in [-0.2, -0.15) is 0 Å². The van der Waals surface area contributed by atoms with Gasteiger partial charge in [0.1, 0.15) is 16.3 Å². The van der Waals surface area contributed by atoms with Crippen molar-refractivity contribution in [3.63, 3.8) is 0 Å². The summed E-state index contributed by atoms with van der Waals surface area (Å²) in [5.41, 5.74) is 1.20. The van der Waals surface area contributed by atoms with Gasteiger partial charge in [0.2, 0.25) is 5.91 Å². The molecule has 0 bridgehead atoms. The standard InChI is InChI=1S/C22H19N3O5S2/c1-3-29-21(28)18-14(16-9-6-10-30-16)11-31-19(18)24-17(26)12-32-22-23-15-8-5-4-7-13(15)20(27)25(22)2/h4-11H,3,12H2,1-2H3,(H,24,26). The third-order valence-electron chi connectivity index (χ3n) is 4.58. The fourth-order valence-electron chi connectivity index (χ4n) is 3.09. The summed E-state index contributed by atoms with van der Waals surface area (Å²) in [6, 6.07) is 10.5. The monoisotopic (exact) mass is 469 g/mol. The maximum atomic E-state index is 12.7. The van der Waals surface area contributed by atoms with Crippen LogP contribution >= 0.6 is 23.1 Å². The molecule has 8 nitrogen and oxygen atoms in total. The van der Waals surface area contributed by atoms with E-state index < -0.39 is 5.97 Å². The number of thioether (sulfide) groups is 1. The third-order valence-corrected chi connectivity index (χ3v) is 6.51. The molecule has 3 heterocycles. The molecule has 0 atom stereocenters. The van der Waals surface area contributed by atoms with Gasteiger partial charge in [-0.1, -0.05) is 23.9 Å². The van der Waals surface area contributed by atoms with Crippen LogP contribution in [0, 0.1) is 0 Å². The highest BCUT2D eigenvalue weighted by atomic mass is 32.2. The zero-order valence-corrected chi connectivity index (χ0v) is 18.9. The summed E-state index contributed by atoms with van der Waals surface area (Å²) in [5.74, 6) is -0.360. The number of nitrogens with one attached hydrogen (secondary N) is 1. The number of fused-ring (bicyclic) bond motifs is 1. The van der Waals surface area contributed by atoms with Gasteiger partial charge < -0.3 is 14.5 Å². The SMILES string of the molecule is CCOC(=O)c1c(-c2ccco2)csc1NC(=O)CSc1nc2ccccc2c(=O)n1C. The minimum absolute atomic E-state index is 0.00880. The van der Waals surface area contributed by atoms with Crippen LogP contribution < -0.4 is 10.9 Å². The number of hydrogen-bond donors (Lipinski definition) is 1. The number of furan rings is 1. The summed E-state index contributed by atoms with van der Waals surface area (Å²) in [5, 5.41) is 5.84. The predicted octanol–water partition coefficient (Wildman–Crippen LogP) is 4.16. The quantitative estimate of drug-likeness (QED) is 0.246. The highest BCUT2D eigenvalue weighted by Gasteiger charge is 2.24. The number of aromatic nitrogens is 2. The van der Waals surface area contributed by atoms with Gasteiger partial charge in [-0.15, -0.1) is 11.3 Å². The molecule has 1 aromatic carbocycles. The summed E-state index contributed by atoms with van der Waals surface area (Å²) >= 11 is 2.36. The van der Waals surface area contributed by atoms with Gasteiger partial charge in [0.05, 0.1) is 29.5 Å². The highest BCUT2D eigenvalue weighted by molar-refractivity contribution is 7.99. The van der Waals surface area contributed by atoms with E-state index in [0.717, 1.165) is 11.8 Å². The molecule has 0 radical (unpaired) electrons. The van der Waals surface area contributed by atoms with Crippen molar-refractivity contribution < 1.29 is 18.7 Å². The first-order valence-corrected chi connectivity index (χ1v) is 11.6. The molecule has 0 spiro atoms. The lowest BCUT2D eigenvalue weighted by Crippen LogP contribution is -2.21. The Balaban J connectivity index is 1.54. The number of para-hydroxylation sites is 1. The number of thiophene rings is 1. The number of esters is 1. The van der Waals surface area contributed by atoms with Crippen LogP contribution in [0.4, 0.5) is 5.00 Å². The van der Waals surface area contributed by atoms with E-state index in [0.29, 0.717) is 32.4 Å². The smallest absolute Gasteiger partial charge is 0.341 e. The van der Waals surface area contributed by atoms with E-state index in [1.54, 1.807) is 55.7 Å². The normalized spacial score (nSPS) is 10.9. The molecule has 0 unspecified atom stereocenters. The second-order valence-corrected chi connectivity index (χ2v) is 8.49. The fraction of sp³-hybridized carbons (Fsp3) is 0.182. The first kappa shape index (κ1) is 21.8. The molecule has 4 aromatic rings. The van der Waals surface area contributed by atoms with E-state index in [2.05, 4.69) is 10.3 Å². The van der Waals surface area contributed by atoms with Crippen LogP contribution in [0.25, 0.3) is 22.2 Å². The number of rotatable bonds is 7. The van der Waals surface area contributed by atoms with Gasteiger partial charge in [-0.05, 0) is 31.2 Å². The van der Waals surface area contributed by atoms with Crippen molar-refractivity contribution in [2.75, 3.05) is 17.7 Å². The number of amides is 1. The Kier molecular flexibility index (Phi) is 6.42. The van der Waals surface area contributed by atoms with E-state index in [4.69, 9.17) is 9.15 Å². The Bertz CT molecular complexity index is 1340. The summed E-state index contributed by atoms with van der Waals surface area (Å²) < 4.78 is 12.0. The second kappa shape index (κ2) is 9.41. The molecule has 0 saturated heterocycles. The topological polar surface area (TPSA) is 103 Å². The van der Waals surface area contributed by atoms with E-state index in [9.17, 15) is 14.4 Å². The lowest BCUT2D eigenvalue weighted by molar-refractivity contribution is -0.113. The molecule has 1 amide bonds. The number of carbonyl (C=O) groups excluding carboxylic acids is 2. The summed E-state index contributed by atoms with van der Waals surface area (Å²) in [7, 11) is 1.62. The molecule has 3 aromatic heterocycles. The summed E-state index contributed by atoms with van der Waals surface area (Å²) in [6.45, 7) is 1.92. The van der Waals surface area contributed by atoms with Crippen molar-refractivity contribution in [1.29, 1.82) is 0 Å². The molecule has 4 rings (SSSR count). The van der Waals surface area contributed by atoms with Crippen LogP contribution in [0.15, 0.2) is 62.4 Å². The zero-order valence-electron chi connectivity index (χ0n) is 17.3. The number of anilines is 1. The molecular formula is C22H19N3O5S2. The van der Waals surface area contributed by atoms with Crippen molar-refractivity contribution in [2.24, 2.45) is 7.05 Å². The van der Waals surface area contributed by atoms with Gasteiger partial charge in [0.15, 0.2) is 5.16 Å². The molecule has 0 saturated carbocycles. The lowest BCUT2D eigenvalue weighted by atomic mass is 10.1. The van der Waals surface area contributed by atoms with Crippen molar-refractivity contribution in [2.45, 2.75) is 12.1 Å². The Morgan fingerprint density at radius 3 is 2.81 bits per heavy atom. The first-order chi connectivity index (χ1) is 15.5. The number of ether oxygens (including phenoxy) is 1. The Hall–Kier alpha value is -3.37. The first-order valence-electron chi connectivity index (χ1n) is 9.70. The van der Waals surface area contributed by atoms with Crippen LogP contribution in [-0.4, -0.2) is 33.8 Å². The maximum absolute atomic E-state index is 12.7. The molecule has 0 aliphatic heterocycles. The van der Waals surface area contributed by atoms with Gasteiger partial charge in [0, 0.05) is 18.0 Å². The largest absolute Gasteiger partial charge is 0.464 e. The zero-order chi connectivity index (χ0) is 22.7. The van der Waals surface area contributed by atoms with Crippen LogP contribution in [-0.2, 0) is 16.6 Å². The van der Waals surface area contributed by atoms with E-state index in [1.807, 2.05) is 0 Å².